The van der Waals surface area contributed by atoms with Crippen LogP contribution in [0.3, 0.4) is 0 Å². The lowest BCUT2D eigenvalue weighted by Crippen LogP contribution is -2.49. The second-order valence-corrected chi connectivity index (χ2v) is 6.20. The quantitative estimate of drug-likeness (QED) is 0.480. The summed E-state index contributed by atoms with van der Waals surface area (Å²) in [5.74, 6) is -0.834. The Morgan fingerprint density at radius 3 is 2.50 bits per heavy atom. The molecule has 7 nitrogen and oxygen atoms in total. The maximum atomic E-state index is 13.0. The third-order valence-corrected chi connectivity index (χ3v) is 4.62. The van der Waals surface area contributed by atoms with Crippen molar-refractivity contribution in [1.29, 1.82) is 0 Å². The molecule has 7 heteroatoms. The van der Waals surface area contributed by atoms with Gasteiger partial charge in [-0.2, -0.15) is 0 Å². The number of benzene rings is 2. The highest BCUT2D eigenvalue weighted by atomic mass is 16.6. The van der Waals surface area contributed by atoms with Crippen molar-refractivity contribution in [1.82, 2.24) is 4.90 Å². The molecule has 1 atom stereocenters. The highest BCUT2D eigenvalue weighted by Gasteiger charge is 2.36. The molecule has 0 spiro atoms. The fourth-order valence-corrected chi connectivity index (χ4v) is 3.24. The highest BCUT2D eigenvalue weighted by molar-refractivity contribution is 5.97. The van der Waals surface area contributed by atoms with Gasteiger partial charge in [0.15, 0.2) is 0 Å². The average Bonchev–Trinajstić information content (AvgIpc) is 2.65. The minimum atomic E-state index is -0.724. The maximum Gasteiger partial charge on any atom is 0.328 e. The van der Waals surface area contributed by atoms with E-state index < -0.39 is 16.9 Å². The number of methoxy groups -OCH3 is 1. The summed E-state index contributed by atoms with van der Waals surface area (Å²) in [6.07, 6.45) is 0.376. The standard InChI is InChI=1S/C19H18N2O5/c1-12-9-14(7-8-16(12)21(24)25)18(22)20-11-15-6-4-3-5-13(15)10-17(20)19(23)26-2/h3-9,17H,10-11H2,1-2H3. The van der Waals surface area contributed by atoms with Gasteiger partial charge < -0.3 is 9.64 Å². The number of rotatable bonds is 3. The van der Waals surface area contributed by atoms with E-state index in [9.17, 15) is 19.7 Å². The van der Waals surface area contributed by atoms with E-state index in [2.05, 4.69) is 0 Å². The summed E-state index contributed by atoms with van der Waals surface area (Å²) in [5.41, 5.74) is 2.63. The summed E-state index contributed by atoms with van der Waals surface area (Å²) in [6, 6.07) is 11.1. The van der Waals surface area contributed by atoms with E-state index >= 15 is 0 Å². The van der Waals surface area contributed by atoms with E-state index in [0.29, 0.717) is 17.5 Å². The van der Waals surface area contributed by atoms with Crippen molar-refractivity contribution in [2.75, 3.05) is 7.11 Å². The number of hydrogen-bond donors (Lipinski definition) is 0. The first-order chi connectivity index (χ1) is 12.4. The molecule has 0 saturated heterocycles. The molecular formula is C19H18N2O5. The molecule has 0 bridgehead atoms. The SMILES string of the molecule is COC(=O)C1Cc2ccccc2CN1C(=O)c1ccc([N+](=O)[O-])c(C)c1. The van der Waals surface area contributed by atoms with Crippen molar-refractivity contribution in [2.45, 2.75) is 25.9 Å². The highest BCUT2D eigenvalue weighted by Crippen LogP contribution is 2.27. The molecule has 2 aromatic carbocycles. The smallest absolute Gasteiger partial charge is 0.328 e. The Bertz CT molecular complexity index is 893. The molecular weight excluding hydrogens is 336 g/mol. The van der Waals surface area contributed by atoms with Gasteiger partial charge in [0.05, 0.1) is 12.0 Å². The summed E-state index contributed by atoms with van der Waals surface area (Å²) in [6.45, 7) is 1.86. The van der Waals surface area contributed by atoms with E-state index in [4.69, 9.17) is 4.74 Å². The number of nitro groups is 1. The summed E-state index contributed by atoms with van der Waals surface area (Å²) in [7, 11) is 1.29. The van der Waals surface area contributed by atoms with Crippen molar-refractivity contribution in [3.8, 4) is 0 Å². The van der Waals surface area contributed by atoms with Crippen LogP contribution >= 0.6 is 0 Å². The van der Waals surface area contributed by atoms with Gasteiger partial charge in [0.1, 0.15) is 6.04 Å². The second kappa shape index (κ2) is 6.95. The Morgan fingerprint density at radius 2 is 1.88 bits per heavy atom. The zero-order valence-corrected chi connectivity index (χ0v) is 14.5. The van der Waals surface area contributed by atoms with E-state index in [1.54, 1.807) is 6.92 Å². The molecule has 134 valence electrons. The van der Waals surface area contributed by atoms with Gasteiger partial charge in [-0.1, -0.05) is 24.3 Å². The van der Waals surface area contributed by atoms with Crippen LogP contribution in [0.15, 0.2) is 42.5 Å². The van der Waals surface area contributed by atoms with Crippen LogP contribution in [0.25, 0.3) is 0 Å². The topological polar surface area (TPSA) is 89.8 Å². The van der Waals surface area contributed by atoms with E-state index in [0.717, 1.165) is 11.1 Å². The second-order valence-electron chi connectivity index (χ2n) is 6.20. The van der Waals surface area contributed by atoms with Gasteiger partial charge in [0, 0.05) is 30.2 Å². The van der Waals surface area contributed by atoms with Gasteiger partial charge in [0.2, 0.25) is 0 Å². The molecule has 0 fully saturated rings. The van der Waals surface area contributed by atoms with Crippen molar-refractivity contribution in [3.63, 3.8) is 0 Å². The molecule has 2 aromatic rings. The van der Waals surface area contributed by atoms with Crippen LogP contribution < -0.4 is 0 Å². The largest absolute Gasteiger partial charge is 0.467 e. The maximum absolute atomic E-state index is 13.0. The molecule has 1 heterocycles. The van der Waals surface area contributed by atoms with Crippen LogP contribution in [-0.2, 0) is 22.5 Å². The zero-order valence-electron chi connectivity index (χ0n) is 14.5. The van der Waals surface area contributed by atoms with Gasteiger partial charge in [-0.15, -0.1) is 0 Å². The van der Waals surface area contributed by atoms with E-state index in [1.807, 2.05) is 24.3 Å². The lowest BCUT2D eigenvalue weighted by atomic mass is 9.93. The molecule has 1 unspecified atom stereocenters. The molecule has 3 rings (SSSR count). The predicted molar refractivity (Wildman–Crippen MR) is 93.7 cm³/mol. The first kappa shape index (κ1) is 17.6. The molecule has 1 aliphatic heterocycles. The minimum Gasteiger partial charge on any atom is -0.467 e. The van der Waals surface area contributed by atoms with Crippen LogP contribution in [0.1, 0.15) is 27.0 Å². The molecule has 0 saturated carbocycles. The van der Waals surface area contributed by atoms with Crippen LogP contribution in [0, 0.1) is 17.0 Å². The zero-order chi connectivity index (χ0) is 18.8. The molecule has 1 aliphatic rings. The number of amides is 1. The summed E-state index contributed by atoms with van der Waals surface area (Å²) < 4.78 is 4.87. The number of fused-ring (bicyclic) bond motifs is 1. The Balaban J connectivity index is 1.97. The molecule has 26 heavy (non-hydrogen) atoms. The Morgan fingerprint density at radius 1 is 1.19 bits per heavy atom. The molecule has 0 aromatic heterocycles. The fourth-order valence-electron chi connectivity index (χ4n) is 3.24. The van der Waals surface area contributed by atoms with Crippen LogP contribution in [-0.4, -0.2) is 34.9 Å². The third-order valence-electron chi connectivity index (χ3n) is 4.62. The lowest BCUT2D eigenvalue weighted by molar-refractivity contribution is -0.385. The van der Waals surface area contributed by atoms with E-state index in [1.165, 1.54) is 30.2 Å². The van der Waals surface area contributed by atoms with Gasteiger partial charge in [-0.3, -0.25) is 14.9 Å². The first-order valence-electron chi connectivity index (χ1n) is 8.13. The molecule has 0 radical (unpaired) electrons. The summed E-state index contributed by atoms with van der Waals surface area (Å²) in [4.78, 5) is 37.2. The monoisotopic (exact) mass is 354 g/mol. The average molecular weight is 354 g/mol. The molecule has 0 N–H and O–H groups in total. The Labute approximate surface area is 150 Å². The van der Waals surface area contributed by atoms with Gasteiger partial charge in [-0.05, 0) is 30.2 Å². The predicted octanol–water partition coefficient (Wildman–Crippen LogP) is 2.64. The Kier molecular flexibility index (Phi) is 4.71. The van der Waals surface area contributed by atoms with Crippen molar-refractivity contribution in [3.05, 3.63) is 74.8 Å². The van der Waals surface area contributed by atoms with Crippen molar-refractivity contribution < 1.29 is 19.2 Å². The van der Waals surface area contributed by atoms with Crippen LogP contribution in [0.4, 0.5) is 5.69 Å². The van der Waals surface area contributed by atoms with Crippen molar-refractivity contribution in [2.24, 2.45) is 0 Å². The Hall–Kier alpha value is -3.22. The van der Waals surface area contributed by atoms with Crippen LogP contribution in [0.5, 0.6) is 0 Å². The normalized spacial score (nSPS) is 15.9. The number of nitrogens with zero attached hydrogens (tertiary/aromatic N) is 2. The fraction of sp³-hybridized carbons (Fsp3) is 0.263. The van der Waals surface area contributed by atoms with Crippen LogP contribution in [0.2, 0.25) is 0 Å². The van der Waals surface area contributed by atoms with Crippen molar-refractivity contribution >= 4 is 17.6 Å². The number of aryl methyl sites for hydroxylation is 1. The lowest BCUT2D eigenvalue weighted by Gasteiger charge is -2.35. The number of carbonyl (C=O) groups is 2. The summed E-state index contributed by atoms with van der Waals surface area (Å²) >= 11 is 0. The molecule has 0 aliphatic carbocycles. The number of esters is 1. The number of nitro benzene ring substituents is 1. The van der Waals surface area contributed by atoms with E-state index in [-0.39, 0.29) is 18.1 Å². The number of carbonyl (C=O) groups excluding carboxylic acids is 2. The first-order valence-corrected chi connectivity index (χ1v) is 8.13. The van der Waals surface area contributed by atoms with Gasteiger partial charge in [0.25, 0.3) is 11.6 Å². The third kappa shape index (κ3) is 3.15. The van der Waals surface area contributed by atoms with Gasteiger partial charge in [-0.25, -0.2) is 4.79 Å². The number of hydrogen-bond acceptors (Lipinski definition) is 5. The molecule has 1 amide bonds. The summed E-state index contributed by atoms with van der Waals surface area (Å²) in [5, 5.41) is 11.0. The number of ether oxygens (including phenoxy) is 1. The minimum absolute atomic E-state index is 0.0462. The van der Waals surface area contributed by atoms with Gasteiger partial charge >= 0.3 is 5.97 Å².